The molecule has 33 heavy (non-hydrogen) atoms. The van der Waals surface area contributed by atoms with Gasteiger partial charge in [0.15, 0.2) is 0 Å². The van der Waals surface area contributed by atoms with Crippen LogP contribution in [0.1, 0.15) is 32.1 Å². The number of piperidine rings is 2. The van der Waals surface area contributed by atoms with Crippen molar-refractivity contribution in [1.82, 2.24) is 15.1 Å². The Labute approximate surface area is 197 Å². The number of anilines is 3. The Morgan fingerprint density at radius 3 is 2.42 bits per heavy atom. The highest BCUT2D eigenvalue weighted by atomic mass is 32.1. The predicted octanol–water partition coefficient (Wildman–Crippen LogP) is 2.76. The summed E-state index contributed by atoms with van der Waals surface area (Å²) in [6.07, 6.45) is 4.32. The van der Waals surface area contributed by atoms with Gasteiger partial charge in [-0.1, -0.05) is 11.3 Å². The molecule has 10 heteroatoms. The molecule has 0 radical (unpaired) electrons. The summed E-state index contributed by atoms with van der Waals surface area (Å²) in [7, 11) is 0. The van der Waals surface area contributed by atoms with E-state index in [1.807, 2.05) is 4.90 Å². The Hall–Kier alpha value is -2.75. The molecule has 176 valence electrons. The molecular weight excluding hydrogens is 443 g/mol. The van der Waals surface area contributed by atoms with Gasteiger partial charge in [0, 0.05) is 57.9 Å². The van der Waals surface area contributed by atoms with E-state index in [0.29, 0.717) is 37.7 Å². The van der Waals surface area contributed by atoms with Crippen molar-refractivity contribution in [1.29, 1.82) is 0 Å². The summed E-state index contributed by atoms with van der Waals surface area (Å²) in [5.41, 5.74) is 0.992. The number of amides is 2. The van der Waals surface area contributed by atoms with Gasteiger partial charge in [-0.3, -0.25) is 14.5 Å². The molecule has 1 unspecified atom stereocenters. The van der Waals surface area contributed by atoms with Crippen molar-refractivity contribution in [2.24, 2.45) is 5.92 Å². The van der Waals surface area contributed by atoms with Crippen molar-refractivity contribution in [2.45, 2.75) is 32.1 Å². The molecule has 2 aromatic rings. The quantitative estimate of drug-likeness (QED) is 0.682. The number of rotatable bonds is 4. The molecule has 0 bridgehead atoms. The highest BCUT2D eigenvalue weighted by molar-refractivity contribution is 7.19. The molecule has 3 fully saturated rings. The lowest BCUT2D eigenvalue weighted by Gasteiger charge is -2.39. The van der Waals surface area contributed by atoms with Gasteiger partial charge in [-0.2, -0.15) is 0 Å². The molecule has 4 heterocycles. The summed E-state index contributed by atoms with van der Waals surface area (Å²) in [4.78, 5) is 33.5. The van der Waals surface area contributed by atoms with E-state index in [1.54, 1.807) is 17.0 Å². The van der Waals surface area contributed by atoms with Crippen molar-refractivity contribution in [2.75, 3.05) is 60.5 Å². The highest BCUT2D eigenvalue weighted by Crippen LogP contribution is 2.32. The minimum Gasteiger partial charge on any atom is -0.368 e. The largest absolute Gasteiger partial charge is 0.368 e. The second-order valence-electron chi connectivity index (χ2n) is 8.94. The summed E-state index contributed by atoms with van der Waals surface area (Å²) in [6, 6.07) is 6.53. The monoisotopic (exact) mass is 472 g/mol. The van der Waals surface area contributed by atoms with Crippen molar-refractivity contribution in [3.8, 4) is 0 Å². The summed E-state index contributed by atoms with van der Waals surface area (Å²) in [5.74, 6) is 0.0319. The van der Waals surface area contributed by atoms with Gasteiger partial charge < -0.3 is 14.7 Å². The van der Waals surface area contributed by atoms with E-state index in [1.165, 1.54) is 23.5 Å². The van der Waals surface area contributed by atoms with Crippen LogP contribution in [0.15, 0.2) is 24.3 Å². The maximum atomic E-state index is 13.3. The Kier molecular flexibility index (Phi) is 6.43. The zero-order chi connectivity index (χ0) is 22.8. The number of nitrogens with zero attached hydrogens (tertiary/aromatic N) is 6. The van der Waals surface area contributed by atoms with Crippen LogP contribution in [0.25, 0.3) is 0 Å². The number of halogens is 1. The van der Waals surface area contributed by atoms with E-state index in [0.717, 1.165) is 56.1 Å². The number of aromatic nitrogens is 2. The smallest absolute Gasteiger partial charge is 0.228 e. The first kappa shape index (κ1) is 22.1. The highest BCUT2D eigenvalue weighted by Gasteiger charge is 2.33. The van der Waals surface area contributed by atoms with Gasteiger partial charge in [0.1, 0.15) is 5.82 Å². The van der Waals surface area contributed by atoms with Gasteiger partial charge in [0.25, 0.3) is 0 Å². The average Bonchev–Trinajstić information content (AvgIpc) is 3.35. The van der Waals surface area contributed by atoms with Crippen LogP contribution >= 0.6 is 11.3 Å². The molecule has 1 atom stereocenters. The van der Waals surface area contributed by atoms with E-state index in [2.05, 4.69) is 20.0 Å². The van der Waals surface area contributed by atoms with Crippen molar-refractivity contribution >= 4 is 39.1 Å². The number of piperazine rings is 1. The molecular formula is C23H29FN6O2S. The standard InChI is InChI=1S/C23H29FN6O2S/c24-18-6-8-19(9-7-18)27-12-14-28(15-13-27)21(32)17-4-3-10-29(16-17)22-25-26-23(33-22)30-11-2-1-5-20(30)31/h6-9,17H,1-5,10-16H2. The Balaban J connectivity index is 1.18. The summed E-state index contributed by atoms with van der Waals surface area (Å²) in [6.45, 7) is 5.04. The first-order chi connectivity index (χ1) is 16.1. The van der Waals surface area contributed by atoms with Gasteiger partial charge in [0.05, 0.1) is 5.92 Å². The molecule has 2 amide bonds. The second-order valence-corrected chi connectivity index (χ2v) is 9.88. The summed E-state index contributed by atoms with van der Waals surface area (Å²) in [5, 5.41) is 10.1. The molecule has 8 nitrogen and oxygen atoms in total. The van der Waals surface area contributed by atoms with E-state index >= 15 is 0 Å². The van der Waals surface area contributed by atoms with Crippen molar-refractivity contribution in [3.63, 3.8) is 0 Å². The maximum absolute atomic E-state index is 13.3. The van der Waals surface area contributed by atoms with Crippen LogP contribution in [0.4, 0.5) is 20.3 Å². The fourth-order valence-corrected chi connectivity index (χ4v) is 5.83. The Morgan fingerprint density at radius 2 is 1.67 bits per heavy atom. The fourth-order valence-electron chi connectivity index (χ4n) is 4.90. The molecule has 0 spiro atoms. The summed E-state index contributed by atoms with van der Waals surface area (Å²) >= 11 is 1.45. The minimum atomic E-state index is -0.237. The van der Waals surface area contributed by atoms with Crippen LogP contribution in [0.3, 0.4) is 0 Å². The normalized spacial score (nSPS) is 22.1. The lowest BCUT2D eigenvalue weighted by Crippen LogP contribution is -2.52. The van der Waals surface area contributed by atoms with Gasteiger partial charge >= 0.3 is 0 Å². The van der Waals surface area contributed by atoms with Crippen LogP contribution in [0, 0.1) is 11.7 Å². The first-order valence-corrected chi connectivity index (χ1v) is 12.6. The lowest BCUT2D eigenvalue weighted by atomic mass is 9.96. The topological polar surface area (TPSA) is 72.9 Å². The van der Waals surface area contributed by atoms with Crippen molar-refractivity contribution < 1.29 is 14.0 Å². The Morgan fingerprint density at radius 1 is 0.909 bits per heavy atom. The second kappa shape index (κ2) is 9.62. The molecule has 0 aliphatic carbocycles. The molecule has 0 N–H and O–H groups in total. The van der Waals surface area contributed by atoms with Crippen LogP contribution in [0.2, 0.25) is 0 Å². The van der Waals surface area contributed by atoms with Gasteiger partial charge in [-0.25, -0.2) is 4.39 Å². The van der Waals surface area contributed by atoms with Crippen LogP contribution in [0.5, 0.6) is 0 Å². The molecule has 5 rings (SSSR count). The number of benzene rings is 1. The van der Waals surface area contributed by atoms with E-state index in [-0.39, 0.29) is 23.5 Å². The van der Waals surface area contributed by atoms with E-state index in [4.69, 9.17) is 0 Å². The predicted molar refractivity (Wildman–Crippen MR) is 126 cm³/mol. The maximum Gasteiger partial charge on any atom is 0.228 e. The van der Waals surface area contributed by atoms with Crippen LogP contribution < -0.4 is 14.7 Å². The Bertz CT molecular complexity index is 991. The lowest BCUT2D eigenvalue weighted by molar-refractivity contribution is -0.136. The SMILES string of the molecule is O=C(C1CCCN(c2nnc(N3CCCCC3=O)s2)C1)N1CCN(c2ccc(F)cc2)CC1. The number of hydrogen-bond acceptors (Lipinski definition) is 7. The molecule has 1 aromatic carbocycles. The molecule has 3 saturated heterocycles. The van der Waals surface area contributed by atoms with Gasteiger partial charge in [-0.15, -0.1) is 10.2 Å². The minimum absolute atomic E-state index is 0.0555. The third kappa shape index (κ3) is 4.80. The van der Waals surface area contributed by atoms with Crippen LogP contribution in [-0.4, -0.2) is 72.7 Å². The molecule has 1 aromatic heterocycles. The molecule has 3 aliphatic heterocycles. The van der Waals surface area contributed by atoms with E-state index in [9.17, 15) is 14.0 Å². The molecule has 0 saturated carbocycles. The summed E-state index contributed by atoms with van der Waals surface area (Å²) < 4.78 is 13.2. The first-order valence-electron chi connectivity index (χ1n) is 11.8. The fraction of sp³-hybridized carbons (Fsp3) is 0.565. The number of carbonyl (C=O) groups excluding carboxylic acids is 2. The van der Waals surface area contributed by atoms with Gasteiger partial charge in [-0.05, 0) is 49.9 Å². The zero-order valence-corrected chi connectivity index (χ0v) is 19.5. The van der Waals surface area contributed by atoms with Gasteiger partial charge in [0.2, 0.25) is 22.1 Å². The zero-order valence-electron chi connectivity index (χ0n) is 18.7. The van der Waals surface area contributed by atoms with E-state index < -0.39 is 0 Å². The van der Waals surface area contributed by atoms with Crippen LogP contribution in [-0.2, 0) is 9.59 Å². The third-order valence-electron chi connectivity index (χ3n) is 6.78. The third-order valence-corrected chi connectivity index (χ3v) is 7.79. The molecule has 3 aliphatic rings. The number of carbonyl (C=O) groups is 2. The average molecular weight is 473 g/mol. The number of hydrogen-bond donors (Lipinski definition) is 0. The van der Waals surface area contributed by atoms with Crippen molar-refractivity contribution in [3.05, 3.63) is 30.1 Å².